The van der Waals surface area contributed by atoms with Crippen LogP contribution in [0.1, 0.15) is 28.2 Å². The van der Waals surface area contributed by atoms with Gasteiger partial charge >= 0.3 is 0 Å². The predicted octanol–water partition coefficient (Wildman–Crippen LogP) is 4.72. The van der Waals surface area contributed by atoms with Gasteiger partial charge in [-0.3, -0.25) is 9.59 Å². The number of anilines is 2. The molecule has 1 aromatic heterocycles. The van der Waals surface area contributed by atoms with Gasteiger partial charge in [-0.25, -0.2) is 4.98 Å². The fourth-order valence-electron chi connectivity index (χ4n) is 2.73. The van der Waals surface area contributed by atoms with Crippen molar-refractivity contribution < 1.29 is 9.59 Å². The number of amides is 2. The van der Waals surface area contributed by atoms with Crippen molar-refractivity contribution in [3.8, 4) is 10.6 Å². The van der Waals surface area contributed by atoms with Gasteiger partial charge < -0.3 is 10.6 Å². The summed E-state index contributed by atoms with van der Waals surface area (Å²) in [5, 5.41) is 6.62. The zero-order chi connectivity index (χ0) is 18.8. The molecule has 4 rings (SSSR count). The second-order valence-corrected chi connectivity index (χ2v) is 7.59. The molecule has 2 N–H and O–H groups in total. The SMILES string of the molecule is Cc1nc(-c2ccccc2)sc1C(=O)Nc1ccc(NC(=O)C2CC2)cc1. The largest absolute Gasteiger partial charge is 0.326 e. The quantitative estimate of drug-likeness (QED) is 0.676. The summed E-state index contributed by atoms with van der Waals surface area (Å²) >= 11 is 1.38. The van der Waals surface area contributed by atoms with E-state index in [1.165, 1.54) is 11.3 Å². The molecule has 1 fully saturated rings. The molecule has 0 saturated heterocycles. The third-order valence-corrected chi connectivity index (χ3v) is 5.59. The van der Waals surface area contributed by atoms with Crippen molar-refractivity contribution in [1.82, 2.24) is 4.98 Å². The summed E-state index contributed by atoms with van der Waals surface area (Å²) in [6.07, 6.45) is 1.94. The van der Waals surface area contributed by atoms with E-state index >= 15 is 0 Å². The first-order valence-electron chi connectivity index (χ1n) is 8.85. The minimum Gasteiger partial charge on any atom is -0.326 e. The minimum atomic E-state index is -0.179. The van der Waals surface area contributed by atoms with Crippen molar-refractivity contribution in [3.63, 3.8) is 0 Å². The van der Waals surface area contributed by atoms with Crippen LogP contribution in [0.3, 0.4) is 0 Å². The van der Waals surface area contributed by atoms with Crippen LogP contribution in [0.5, 0.6) is 0 Å². The van der Waals surface area contributed by atoms with Gasteiger partial charge in [-0.05, 0) is 44.0 Å². The zero-order valence-electron chi connectivity index (χ0n) is 14.9. The smallest absolute Gasteiger partial charge is 0.267 e. The Balaban J connectivity index is 1.44. The average Bonchev–Trinajstić information content (AvgIpc) is 3.46. The van der Waals surface area contributed by atoms with E-state index < -0.39 is 0 Å². The number of carbonyl (C=O) groups excluding carboxylic acids is 2. The molecule has 1 saturated carbocycles. The number of nitrogens with zero attached hydrogens (tertiary/aromatic N) is 1. The Morgan fingerprint density at radius 1 is 0.963 bits per heavy atom. The van der Waals surface area contributed by atoms with Crippen molar-refractivity contribution in [2.24, 2.45) is 5.92 Å². The molecule has 2 aromatic carbocycles. The highest BCUT2D eigenvalue weighted by Crippen LogP contribution is 2.31. The molecule has 136 valence electrons. The van der Waals surface area contributed by atoms with E-state index in [1.54, 1.807) is 24.3 Å². The first kappa shape index (κ1) is 17.4. The van der Waals surface area contributed by atoms with Gasteiger partial charge in [-0.1, -0.05) is 30.3 Å². The first-order valence-corrected chi connectivity index (χ1v) is 9.67. The van der Waals surface area contributed by atoms with Crippen molar-refractivity contribution in [2.75, 3.05) is 10.6 Å². The fraction of sp³-hybridized carbons (Fsp3) is 0.190. The van der Waals surface area contributed by atoms with E-state index in [2.05, 4.69) is 15.6 Å². The lowest BCUT2D eigenvalue weighted by Crippen LogP contribution is -2.14. The lowest BCUT2D eigenvalue weighted by molar-refractivity contribution is -0.117. The Morgan fingerprint density at radius 3 is 2.22 bits per heavy atom. The van der Waals surface area contributed by atoms with Gasteiger partial charge in [0.1, 0.15) is 9.88 Å². The van der Waals surface area contributed by atoms with Crippen molar-refractivity contribution >= 4 is 34.5 Å². The molecule has 6 heteroatoms. The Bertz CT molecular complexity index is 976. The molecule has 0 bridgehead atoms. The highest BCUT2D eigenvalue weighted by Gasteiger charge is 2.29. The maximum atomic E-state index is 12.6. The fourth-order valence-corrected chi connectivity index (χ4v) is 3.69. The molecule has 0 unspecified atom stereocenters. The number of benzene rings is 2. The summed E-state index contributed by atoms with van der Waals surface area (Å²) < 4.78 is 0. The van der Waals surface area contributed by atoms with Crippen molar-refractivity contribution in [3.05, 3.63) is 65.2 Å². The van der Waals surface area contributed by atoms with Crippen LogP contribution >= 0.6 is 11.3 Å². The normalized spacial score (nSPS) is 13.2. The summed E-state index contributed by atoms with van der Waals surface area (Å²) in [5.41, 5.74) is 3.13. The van der Waals surface area contributed by atoms with E-state index in [0.717, 1.165) is 29.1 Å². The van der Waals surface area contributed by atoms with Crippen LogP contribution in [0.25, 0.3) is 10.6 Å². The molecule has 0 atom stereocenters. The Morgan fingerprint density at radius 2 is 1.59 bits per heavy atom. The second-order valence-electron chi connectivity index (χ2n) is 6.59. The molecule has 1 aliphatic carbocycles. The molecule has 3 aromatic rings. The van der Waals surface area contributed by atoms with Gasteiger partial charge in [0.25, 0.3) is 5.91 Å². The molecule has 1 aliphatic rings. The number of aryl methyl sites for hydroxylation is 1. The molecular weight excluding hydrogens is 358 g/mol. The summed E-state index contributed by atoms with van der Waals surface area (Å²) in [7, 11) is 0. The maximum absolute atomic E-state index is 12.6. The highest BCUT2D eigenvalue weighted by molar-refractivity contribution is 7.17. The number of aromatic nitrogens is 1. The molecule has 2 amide bonds. The number of nitrogens with one attached hydrogen (secondary N) is 2. The highest BCUT2D eigenvalue weighted by atomic mass is 32.1. The monoisotopic (exact) mass is 377 g/mol. The molecular formula is C21H19N3O2S. The molecule has 27 heavy (non-hydrogen) atoms. The second kappa shape index (κ2) is 7.32. The van der Waals surface area contributed by atoms with Crippen LogP contribution in [-0.2, 0) is 4.79 Å². The van der Waals surface area contributed by atoms with E-state index in [-0.39, 0.29) is 17.7 Å². The van der Waals surface area contributed by atoms with Gasteiger partial charge in [0.15, 0.2) is 0 Å². The van der Waals surface area contributed by atoms with E-state index in [1.807, 2.05) is 37.3 Å². The average molecular weight is 377 g/mol. The van der Waals surface area contributed by atoms with Gasteiger partial charge in [0.2, 0.25) is 5.91 Å². The van der Waals surface area contributed by atoms with Crippen LogP contribution in [0.2, 0.25) is 0 Å². The maximum Gasteiger partial charge on any atom is 0.267 e. The van der Waals surface area contributed by atoms with Crippen LogP contribution in [0.15, 0.2) is 54.6 Å². The number of carbonyl (C=O) groups is 2. The van der Waals surface area contributed by atoms with Gasteiger partial charge in [0.05, 0.1) is 5.69 Å². The molecule has 0 radical (unpaired) electrons. The van der Waals surface area contributed by atoms with E-state index in [9.17, 15) is 9.59 Å². The Kier molecular flexibility index (Phi) is 4.73. The number of hydrogen-bond donors (Lipinski definition) is 2. The summed E-state index contributed by atoms with van der Waals surface area (Å²) in [4.78, 5) is 29.5. The van der Waals surface area contributed by atoms with Crippen molar-refractivity contribution in [2.45, 2.75) is 19.8 Å². The predicted molar refractivity (Wildman–Crippen MR) is 108 cm³/mol. The van der Waals surface area contributed by atoms with Gasteiger partial charge in [-0.2, -0.15) is 0 Å². The van der Waals surface area contributed by atoms with Crippen LogP contribution in [-0.4, -0.2) is 16.8 Å². The van der Waals surface area contributed by atoms with Crippen molar-refractivity contribution in [1.29, 1.82) is 0 Å². The lowest BCUT2D eigenvalue weighted by Gasteiger charge is -2.07. The Hall–Kier alpha value is -2.99. The topological polar surface area (TPSA) is 71.1 Å². The Labute approximate surface area is 161 Å². The van der Waals surface area contributed by atoms with Gasteiger partial charge in [0, 0.05) is 22.9 Å². The first-order chi connectivity index (χ1) is 13.1. The van der Waals surface area contributed by atoms with E-state index in [4.69, 9.17) is 0 Å². The third kappa shape index (κ3) is 4.06. The number of hydrogen-bond acceptors (Lipinski definition) is 4. The zero-order valence-corrected chi connectivity index (χ0v) is 15.7. The number of thiazole rings is 1. The minimum absolute atomic E-state index is 0.0699. The van der Waals surface area contributed by atoms with Crippen LogP contribution in [0.4, 0.5) is 11.4 Å². The van der Waals surface area contributed by atoms with Crippen LogP contribution in [0, 0.1) is 12.8 Å². The third-order valence-electron chi connectivity index (χ3n) is 4.38. The van der Waals surface area contributed by atoms with E-state index in [0.29, 0.717) is 16.3 Å². The molecule has 0 aliphatic heterocycles. The summed E-state index contributed by atoms with van der Waals surface area (Å²) in [6.45, 7) is 1.84. The molecule has 1 heterocycles. The number of rotatable bonds is 5. The summed E-state index contributed by atoms with van der Waals surface area (Å²) in [6, 6.07) is 17.0. The molecule has 5 nitrogen and oxygen atoms in total. The summed E-state index contributed by atoms with van der Waals surface area (Å²) in [5.74, 6) is 0.0555. The van der Waals surface area contributed by atoms with Gasteiger partial charge in [-0.15, -0.1) is 11.3 Å². The van der Waals surface area contributed by atoms with Crippen LogP contribution < -0.4 is 10.6 Å². The molecule has 0 spiro atoms. The standard InChI is InChI=1S/C21H19N3O2S/c1-13-18(27-21(22-13)15-5-3-2-4-6-15)20(26)24-17-11-9-16(10-12-17)23-19(25)14-7-8-14/h2-6,9-12,14H,7-8H2,1H3,(H,23,25)(H,24,26). The lowest BCUT2D eigenvalue weighted by atomic mass is 10.2.